The molecule has 5 rings (SSSR count). The van der Waals surface area contributed by atoms with Crippen LogP contribution >= 0.6 is 34.5 Å². The van der Waals surface area contributed by atoms with Gasteiger partial charge >= 0.3 is 6.18 Å². The number of hydrogen-bond donors (Lipinski definition) is 0. The van der Waals surface area contributed by atoms with Crippen molar-refractivity contribution >= 4 is 45.6 Å². The number of rotatable bonds is 3. The molecular weight excluding hydrogens is 490 g/mol. The van der Waals surface area contributed by atoms with Crippen molar-refractivity contribution in [2.24, 2.45) is 0 Å². The van der Waals surface area contributed by atoms with Gasteiger partial charge in [0, 0.05) is 15.6 Å². The summed E-state index contributed by atoms with van der Waals surface area (Å²) in [5, 5.41) is 7.25. The molecule has 0 aliphatic rings. The lowest BCUT2D eigenvalue weighted by molar-refractivity contribution is -0.136. The van der Waals surface area contributed by atoms with Gasteiger partial charge in [0.25, 0.3) is 0 Å². The second kappa shape index (κ2) is 8.17. The Bertz CT molecular complexity index is 1470. The lowest BCUT2D eigenvalue weighted by atomic mass is 10.0. The standard InChI is InChI=1S/C24H14Cl2F3N3S/c1-13-4-9-16(11-18(13)26)32-23-21(22(31-32)14-5-7-15(25)8-6-14)17(24(27,28)29)12-19(30-23)20-3-2-10-33-20/h2-12H,1H3. The van der Waals surface area contributed by atoms with Crippen LogP contribution in [0.3, 0.4) is 0 Å². The van der Waals surface area contributed by atoms with E-state index in [1.807, 2.05) is 6.92 Å². The van der Waals surface area contributed by atoms with Crippen LogP contribution < -0.4 is 0 Å². The summed E-state index contributed by atoms with van der Waals surface area (Å²) in [6.45, 7) is 1.85. The molecule has 2 aromatic carbocycles. The van der Waals surface area contributed by atoms with Gasteiger partial charge in [-0.15, -0.1) is 11.3 Å². The molecule has 9 heteroatoms. The van der Waals surface area contributed by atoms with Gasteiger partial charge in [-0.05, 0) is 54.3 Å². The monoisotopic (exact) mass is 503 g/mol. The number of aryl methyl sites for hydroxylation is 1. The van der Waals surface area contributed by atoms with Crippen molar-refractivity contribution in [3.63, 3.8) is 0 Å². The number of aromatic nitrogens is 3. The summed E-state index contributed by atoms with van der Waals surface area (Å²) < 4.78 is 44.4. The smallest absolute Gasteiger partial charge is 0.227 e. The van der Waals surface area contributed by atoms with Crippen LogP contribution in [-0.4, -0.2) is 14.8 Å². The summed E-state index contributed by atoms with van der Waals surface area (Å²) in [5.74, 6) is 0. The van der Waals surface area contributed by atoms with Crippen molar-refractivity contribution in [3.05, 3.63) is 87.2 Å². The third-order valence-electron chi connectivity index (χ3n) is 5.23. The Morgan fingerprint density at radius 3 is 2.36 bits per heavy atom. The Morgan fingerprint density at radius 2 is 1.73 bits per heavy atom. The quantitative estimate of drug-likeness (QED) is 0.247. The van der Waals surface area contributed by atoms with Crippen molar-refractivity contribution in [3.8, 4) is 27.5 Å². The highest BCUT2D eigenvalue weighted by Gasteiger charge is 2.36. The fraction of sp³-hybridized carbons (Fsp3) is 0.0833. The summed E-state index contributed by atoms with van der Waals surface area (Å²) in [6.07, 6.45) is -4.62. The first kappa shape index (κ1) is 21.9. The molecule has 3 nitrogen and oxygen atoms in total. The Hall–Kier alpha value is -2.87. The van der Waals surface area contributed by atoms with Crippen LogP contribution in [0.4, 0.5) is 13.2 Å². The first-order valence-electron chi connectivity index (χ1n) is 9.79. The molecule has 0 atom stereocenters. The third-order valence-corrected chi connectivity index (χ3v) is 6.79. The fourth-order valence-electron chi connectivity index (χ4n) is 3.59. The lowest BCUT2D eigenvalue weighted by Gasteiger charge is -2.12. The van der Waals surface area contributed by atoms with E-state index < -0.39 is 11.7 Å². The van der Waals surface area contributed by atoms with E-state index in [1.54, 1.807) is 60.0 Å². The van der Waals surface area contributed by atoms with Crippen LogP contribution in [0.25, 0.3) is 38.5 Å². The fourth-order valence-corrected chi connectivity index (χ4v) is 4.58. The number of fused-ring (bicyclic) bond motifs is 1. The molecule has 166 valence electrons. The second-order valence-corrected chi connectivity index (χ2v) is 9.22. The summed E-state index contributed by atoms with van der Waals surface area (Å²) in [7, 11) is 0. The number of thiophene rings is 1. The maximum absolute atomic E-state index is 14.3. The minimum absolute atomic E-state index is 0.0816. The average molecular weight is 504 g/mol. The van der Waals surface area contributed by atoms with Crippen LogP contribution in [0, 0.1) is 6.92 Å². The topological polar surface area (TPSA) is 30.7 Å². The molecule has 0 amide bonds. The molecule has 0 N–H and O–H groups in total. The van der Waals surface area contributed by atoms with E-state index in [2.05, 4.69) is 10.1 Å². The van der Waals surface area contributed by atoms with E-state index in [-0.39, 0.29) is 22.4 Å². The largest absolute Gasteiger partial charge is 0.417 e. The average Bonchev–Trinajstić information content (AvgIpc) is 3.43. The number of benzene rings is 2. The van der Waals surface area contributed by atoms with Crippen LogP contribution in [0.5, 0.6) is 0 Å². The molecule has 0 saturated heterocycles. The predicted octanol–water partition coefficient (Wildman–Crippen LogP) is 8.45. The van der Waals surface area contributed by atoms with E-state index in [0.29, 0.717) is 26.2 Å². The SMILES string of the molecule is Cc1ccc(-n2nc(-c3ccc(Cl)cc3)c3c(C(F)(F)F)cc(-c4cccs4)nc32)cc1Cl. The molecule has 0 spiro atoms. The summed E-state index contributed by atoms with van der Waals surface area (Å²) in [4.78, 5) is 5.26. The molecule has 0 saturated carbocycles. The third kappa shape index (κ3) is 4.01. The van der Waals surface area contributed by atoms with E-state index in [0.717, 1.165) is 11.6 Å². The highest BCUT2D eigenvalue weighted by molar-refractivity contribution is 7.13. The summed E-state index contributed by atoms with van der Waals surface area (Å²) in [6, 6.07) is 16.3. The normalized spacial score (nSPS) is 11.9. The minimum Gasteiger partial charge on any atom is -0.227 e. The molecular formula is C24H14Cl2F3N3S. The molecule has 0 fully saturated rings. The number of halogens is 5. The molecule has 0 aliphatic heterocycles. The van der Waals surface area contributed by atoms with Gasteiger partial charge in [-0.3, -0.25) is 0 Å². The van der Waals surface area contributed by atoms with Crippen LogP contribution in [0.1, 0.15) is 11.1 Å². The zero-order valence-electron chi connectivity index (χ0n) is 17.0. The highest BCUT2D eigenvalue weighted by Crippen LogP contribution is 2.42. The maximum Gasteiger partial charge on any atom is 0.417 e. The molecule has 5 aromatic rings. The van der Waals surface area contributed by atoms with Crippen molar-refractivity contribution < 1.29 is 13.2 Å². The van der Waals surface area contributed by atoms with Gasteiger partial charge in [0.2, 0.25) is 0 Å². The number of hydrogen-bond acceptors (Lipinski definition) is 3. The van der Waals surface area contributed by atoms with Crippen LogP contribution in [0.15, 0.2) is 66.0 Å². The maximum atomic E-state index is 14.3. The van der Waals surface area contributed by atoms with Gasteiger partial charge in [-0.2, -0.15) is 18.3 Å². The Morgan fingerprint density at radius 1 is 0.970 bits per heavy atom. The van der Waals surface area contributed by atoms with Crippen molar-refractivity contribution in [1.82, 2.24) is 14.8 Å². The highest BCUT2D eigenvalue weighted by atomic mass is 35.5. The Kier molecular flexibility index (Phi) is 5.43. The Labute approximate surface area is 201 Å². The zero-order valence-corrected chi connectivity index (χ0v) is 19.3. The van der Waals surface area contributed by atoms with Crippen LogP contribution in [-0.2, 0) is 6.18 Å². The number of alkyl halides is 3. The second-order valence-electron chi connectivity index (χ2n) is 7.43. The van der Waals surface area contributed by atoms with Gasteiger partial charge in [0.15, 0.2) is 5.65 Å². The minimum atomic E-state index is -4.62. The molecule has 0 unspecified atom stereocenters. The van der Waals surface area contributed by atoms with Gasteiger partial charge in [-0.1, -0.05) is 47.5 Å². The first-order chi connectivity index (χ1) is 15.7. The van der Waals surface area contributed by atoms with E-state index in [1.165, 1.54) is 16.0 Å². The Balaban J connectivity index is 1.90. The molecule has 0 radical (unpaired) electrons. The molecule has 3 aromatic heterocycles. The first-order valence-corrected chi connectivity index (χ1v) is 11.4. The van der Waals surface area contributed by atoms with Gasteiger partial charge < -0.3 is 0 Å². The lowest BCUT2D eigenvalue weighted by Crippen LogP contribution is -2.08. The summed E-state index contributed by atoms with van der Waals surface area (Å²) in [5.41, 5.74) is 1.54. The number of pyridine rings is 1. The van der Waals surface area contributed by atoms with Gasteiger partial charge in [0.1, 0.15) is 5.69 Å². The molecule has 0 bridgehead atoms. The zero-order chi connectivity index (χ0) is 23.3. The van der Waals surface area contributed by atoms with Gasteiger partial charge in [-0.25, -0.2) is 9.67 Å². The summed E-state index contributed by atoms with van der Waals surface area (Å²) >= 11 is 13.6. The van der Waals surface area contributed by atoms with E-state index >= 15 is 0 Å². The molecule has 3 heterocycles. The predicted molar refractivity (Wildman–Crippen MR) is 127 cm³/mol. The van der Waals surface area contributed by atoms with Crippen molar-refractivity contribution in [1.29, 1.82) is 0 Å². The molecule has 33 heavy (non-hydrogen) atoms. The van der Waals surface area contributed by atoms with Crippen molar-refractivity contribution in [2.45, 2.75) is 13.1 Å². The number of nitrogens with zero attached hydrogens (tertiary/aromatic N) is 3. The van der Waals surface area contributed by atoms with Gasteiger partial charge in [0.05, 0.1) is 27.2 Å². The van der Waals surface area contributed by atoms with E-state index in [9.17, 15) is 13.2 Å². The molecule has 0 aliphatic carbocycles. The van der Waals surface area contributed by atoms with Crippen LogP contribution in [0.2, 0.25) is 10.0 Å². The van der Waals surface area contributed by atoms with E-state index in [4.69, 9.17) is 23.2 Å². The van der Waals surface area contributed by atoms with Crippen molar-refractivity contribution in [2.75, 3.05) is 0 Å².